The van der Waals surface area contributed by atoms with Gasteiger partial charge < -0.3 is 10.1 Å². The van der Waals surface area contributed by atoms with Crippen molar-refractivity contribution in [1.82, 2.24) is 5.32 Å². The standard InChI is InChI=1S/C18H23NO/c1-4-19-17(16-12-8-9-14(2)13-16)18(20-3)15-10-6-5-7-11-15/h5-13,17-19H,4H2,1-3H3. The van der Waals surface area contributed by atoms with Crippen LogP contribution in [0.1, 0.15) is 35.8 Å². The van der Waals surface area contributed by atoms with Gasteiger partial charge in [0.15, 0.2) is 0 Å². The Kier molecular flexibility index (Phi) is 5.33. The summed E-state index contributed by atoms with van der Waals surface area (Å²) >= 11 is 0. The fourth-order valence-corrected chi connectivity index (χ4v) is 2.59. The molecule has 0 spiro atoms. The molecule has 2 rings (SSSR count). The van der Waals surface area contributed by atoms with Crippen molar-refractivity contribution in [3.05, 3.63) is 71.3 Å². The largest absolute Gasteiger partial charge is 0.375 e. The molecule has 0 radical (unpaired) electrons. The van der Waals surface area contributed by atoms with Gasteiger partial charge >= 0.3 is 0 Å². The van der Waals surface area contributed by atoms with Crippen LogP contribution in [0, 0.1) is 6.92 Å². The normalized spacial score (nSPS) is 13.9. The summed E-state index contributed by atoms with van der Waals surface area (Å²) < 4.78 is 5.78. The highest BCUT2D eigenvalue weighted by atomic mass is 16.5. The molecule has 2 aromatic carbocycles. The van der Waals surface area contributed by atoms with Crippen LogP contribution in [0.15, 0.2) is 54.6 Å². The Labute approximate surface area is 121 Å². The zero-order chi connectivity index (χ0) is 14.4. The predicted octanol–water partition coefficient (Wildman–Crippen LogP) is 4.03. The first-order chi connectivity index (χ1) is 9.76. The van der Waals surface area contributed by atoms with Crippen molar-refractivity contribution >= 4 is 0 Å². The van der Waals surface area contributed by atoms with Gasteiger partial charge in [-0.2, -0.15) is 0 Å². The number of ether oxygens (including phenoxy) is 1. The molecule has 2 unspecified atom stereocenters. The van der Waals surface area contributed by atoms with Crippen molar-refractivity contribution in [2.24, 2.45) is 0 Å². The Hall–Kier alpha value is -1.64. The van der Waals surface area contributed by atoms with Gasteiger partial charge in [0.05, 0.1) is 6.04 Å². The number of benzene rings is 2. The quantitative estimate of drug-likeness (QED) is 0.854. The second kappa shape index (κ2) is 7.22. The Morgan fingerprint density at radius 2 is 1.70 bits per heavy atom. The molecule has 0 aliphatic carbocycles. The van der Waals surface area contributed by atoms with Crippen LogP contribution in [0.25, 0.3) is 0 Å². The molecule has 0 bridgehead atoms. The van der Waals surface area contributed by atoms with Crippen LogP contribution in [0.4, 0.5) is 0 Å². The highest BCUT2D eigenvalue weighted by Crippen LogP contribution is 2.31. The molecule has 1 N–H and O–H groups in total. The molecular formula is C18H23NO. The zero-order valence-corrected chi connectivity index (χ0v) is 12.5. The highest BCUT2D eigenvalue weighted by Gasteiger charge is 2.23. The number of hydrogen-bond donors (Lipinski definition) is 1. The SMILES string of the molecule is CCNC(c1cccc(C)c1)C(OC)c1ccccc1. The fourth-order valence-electron chi connectivity index (χ4n) is 2.59. The first-order valence-electron chi connectivity index (χ1n) is 7.14. The minimum Gasteiger partial charge on any atom is -0.375 e. The summed E-state index contributed by atoms with van der Waals surface area (Å²) in [6, 6.07) is 19.2. The van der Waals surface area contributed by atoms with Crippen LogP contribution in [0.5, 0.6) is 0 Å². The van der Waals surface area contributed by atoms with Crippen molar-refractivity contribution < 1.29 is 4.74 Å². The highest BCUT2D eigenvalue weighted by molar-refractivity contribution is 5.29. The average Bonchev–Trinajstić information content (AvgIpc) is 2.48. The minimum absolute atomic E-state index is 0.0120. The van der Waals surface area contributed by atoms with E-state index in [1.807, 2.05) is 6.07 Å². The molecule has 0 fully saturated rings. The van der Waals surface area contributed by atoms with E-state index >= 15 is 0 Å². The lowest BCUT2D eigenvalue weighted by Crippen LogP contribution is -2.28. The number of nitrogens with one attached hydrogen (secondary N) is 1. The monoisotopic (exact) mass is 269 g/mol. The molecule has 2 aromatic rings. The Bertz CT molecular complexity index is 524. The molecule has 0 saturated heterocycles. The van der Waals surface area contributed by atoms with Gasteiger partial charge in [-0.1, -0.05) is 67.1 Å². The smallest absolute Gasteiger partial charge is 0.102 e. The van der Waals surface area contributed by atoms with E-state index in [1.165, 1.54) is 16.7 Å². The first-order valence-corrected chi connectivity index (χ1v) is 7.14. The van der Waals surface area contributed by atoms with Crippen LogP contribution in [0.3, 0.4) is 0 Å². The van der Waals surface area contributed by atoms with E-state index in [4.69, 9.17) is 4.74 Å². The van der Waals surface area contributed by atoms with Gasteiger partial charge in [0.2, 0.25) is 0 Å². The van der Waals surface area contributed by atoms with Crippen LogP contribution >= 0.6 is 0 Å². The number of likely N-dealkylation sites (N-methyl/N-ethyl adjacent to an activating group) is 1. The molecule has 0 aliphatic rings. The molecule has 20 heavy (non-hydrogen) atoms. The van der Waals surface area contributed by atoms with Crippen molar-refractivity contribution in [1.29, 1.82) is 0 Å². The zero-order valence-electron chi connectivity index (χ0n) is 12.5. The molecule has 2 atom stereocenters. The van der Waals surface area contributed by atoms with E-state index in [0.717, 1.165) is 6.54 Å². The Morgan fingerprint density at radius 3 is 2.30 bits per heavy atom. The van der Waals surface area contributed by atoms with Crippen molar-refractivity contribution in [2.45, 2.75) is 26.0 Å². The average molecular weight is 269 g/mol. The van der Waals surface area contributed by atoms with Gasteiger partial charge in [0, 0.05) is 7.11 Å². The Morgan fingerprint density at radius 1 is 1.00 bits per heavy atom. The molecule has 0 amide bonds. The van der Waals surface area contributed by atoms with Gasteiger partial charge in [-0.25, -0.2) is 0 Å². The summed E-state index contributed by atoms with van der Waals surface area (Å²) in [4.78, 5) is 0. The molecule has 0 aliphatic heterocycles. The van der Waals surface area contributed by atoms with Crippen LogP contribution in [-0.2, 0) is 4.74 Å². The molecule has 2 heteroatoms. The summed E-state index contributed by atoms with van der Waals surface area (Å²) in [5.74, 6) is 0. The summed E-state index contributed by atoms with van der Waals surface area (Å²) in [6.45, 7) is 5.16. The predicted molar refractivity (Wildman–Crippen MR) is 83.8 cm³/mol. The Balaban J connectivity index is 2.35. The van der Waals surface area contributed by atoms with Crippen molar-refractivity contribution in [3.63, 3.8) is 0 Å². The second-order valence-electron chi connectivity index (χ2n) is 5.02. The van der Waals surface area contributed by atoms with Gasteiger partial charge in [-0.05, 0) is 24.6 Å². The van der Waals surface area contributed by atoms with E-state index in [-0.39, 0.29) is 12.1 Å². The number of aryl methyl sites for hydroxylation is 1. The third-order valence-corrected chi connectivity index (χ3v) is 3.51. The van der Waals surface area contributed by atoms with Crippen LogP contribution in [0.2, 0.25) is 0 Å². The molecule has 0 heterocycles. The topological polar surface area (TPSA) is 21.3 Å². The maximum Gasteiger partial charge on any atom is 0.102 e. The van der Waals surface area contributed by atoms with Crippen LogP contribution in [-0.4, -0.2) is 13.7 Å². The van der Waals surface area contributed by atoms with Crippen molar-refractivity contribution in [2.75, 3.05) is 13.7 Å². The molecular weight excluding hydrogens is 246 g/mol. The second-order valence-corrected chi connectivity index (χ2v) is 5.02. The van der Waals surface area contributed by atoms with E-state index in [0.29, 0.717) is 0 Å². The third-order valence-electron chi connectivity index (χ3n) is 3.51. The van der Waals surface area contributed by atoms with Gasteiger partial charge in [0.25, 0.3) is 0 Å². The van der Waals surface area contributed by atoms with E-state index in [1.54, 1.807) is 7.11 Å². The van der Waals surface area contributed by atoms with Crippen LogP contribution < -0.4 is 5.32 Å². The fraction of sp³-hybridized carbons (Fsp3) is 0.333. The van der Waals surface area contributed by atoms with Crippen molar-refractivity contribution in [3.8, 4) is 0 Å². The number of rotatable bonds is 6. The molecule has 2 nitrogen and oxygen atoms in total. The number of hydrogen-bond acceptors (Lipinski definition) is 2. The maximum absolute atomic E-state index is 5.78. The summed E-state index contributed by atoms with van der Waals surface area (Å²) in [5.41, 5.74) is 3.73. The lowest BCUT2D eigenvalue weighted by atomic mass is 9.94. The van der Waals surface area contributed by atoms with Gasteiger partial charge in [0.1, 0.15) is 6.10 Å². The third kappa shape index (κ3) is 3.47. The summed E-state index contributed by atoms with van der Waals surface area (Å²) in [7, 11) is 1.78. The summed E-state index contributed by atoms with van der Waals surface area (Å²) in [5, 5.41) is 3.55. The van der Waals surface area contributed by atoms with E-state index < -0.39 is 0 Å². The molecule has 0 saturated carbocycles. The van der Waals surface area contributed by atoms with E-state index in [2.05, 4.69) is 67.7 Å². The minimum atomic E-state index is 0.0120. The molecule has 106 valence electrons. The molecule has 0 aromatic heterocycles. The maximum atomic E-state index is 5.78. The van der Waals surface area contributed by atoms with E-state index in [9.17, 15) is 0 Å². The number of methoxy groups -OCH3 is 1. The van der Waals surface area contributed by atoms with Gasteiger partial charge in [-0.15, -0.1) is 0 Å². The van der Waals surface area contributed by atoms with Gasteiger partial charge in [-0.3, -0.25) is 0 Å². The lowest BCUT2D eigenvalue weighted by molar-refractivity contribution is 0.0681. The lowest BCUT2D eigenvalue weighted by Gasteiger charge is -2.28. The summed E-state index contributed by atoms with van der Waals surface area (Å²) in [6.07, 6.45) is 0.0120. The first kappa shape index (κ1) is 14.8.